The Morgan fingerprint density at radius 3 is 3.00 bits per heavy atom. The van der Waals surface area contributed by atoms with E-state index in [9.17, 15) is 14.0 Å². The lowest BCUT2D eigenvalue weighted by Crippen LogP contribution is -2.42. The van der Waals surface area contributed by atoms with Crippen molar-refractivity contribution >= 4 is 16.8 Å². The quantitative estimate of drug-likeness (QED) is 0.898. The molecule has 116 valence electrons. The van der Waals surface area contributed by atoms with Crippen LogP contribution in [-0.2, 0) is 0 Å². The number of alkyl halides is 1. The highest BCUT2D eigenvalue weighted by molar-refractivity contribution is 5.97. The lowest BCUT2D eigenvalue weighted by molar-refractivity contribution is 0.0728. The molecule has 6 heteroatoms. The molecule has 1 saturated heterocycles. The van der Waals surface area contributed by atoms with Crippen LogP contribution in [0.1, 0.15) is 16.8 Å². The van der Waals surface area contributed by atoms with Gasteiger partial charge in [0.25, 0.3) is 11.5 Å². The number of carbonyl (C=O) groups is 1. The van der Waals surface area contributed by atoms with Crippen molar-refractivity contribution in [3.05, 3.63) is 46.2 Å². The van der Waals surface area contributed by atoms with E-state index in [0.717, 1.165) is 5.39 Å². The van der Waals surface area contributed by atoms with Crippen LogP contribution in [0.25, 0.3) is 10.9 Å². The summed E-state index contributed by atoms with van der Waals surface area (Å²) in [5, 5.41) is 3.75. The third kappa shape index (κ3) is 2.62. The summed E-state index contributed by atoms with van der Waals surface area (Å²) in [5.74, 6) is -0.410. The van der Waals surface area contributed by atoms with Crippen molar-refractivity contribution in [2.24, 2.45) is 0 Å². The largest absolute Gasteiger partial charge is 0.331 e. The van der Waals surface area contributed by atoms with Crippen molar-refractivity contribution in [2.75, 3.05) is 20.1 Å². The van der Waals surface area contributed by atoms with Crippen molar-refractivity contribution in [3.8, 4) is 0 Å². The maximum atomic E-state index is 13.7. The molecule has 0 saturated carbocycles. The number of para-hydroxylation sites is 1. The van der Waals surface area contributed by atoms with Gasteiger partial charge in [0.15, 0.2) is 0 Å². The molecule has 1 aliphatic heterocycles. The van der Waals surface area contributed by atoms with E-state index in [1.165, 1.54) is 4.90 Å². The number of H-pyrrole nitrogens is 1. The molecule has 0 radical (unpaired) electrons. The Kier molecular flexibility index (Phi) is 3.94. The van der Waals surface area contributed by atoms with Crippen molar-refractivity contribution in [1.82, 2.24) is 15.2 Å². The summed E-state index contributed by atoms with van der Waals surface area (Å²) in [7, 11) is 1.76. The lowest BCUT2D eigenvalue weighted by Gasteiger charge is -2.23. The van der Waals surface area contributed by atoms with Crippen molar-refractivity contribution in [2.45, 2.75) is 18.6 Å². The van der Waals surface area contributed by atoms with E-state index in [4.69, 9.17) is 0 Å². The molecule has 1 amide bonds. The highest BCUT2D eigenvalue weighted by Gasteiger charge is 2.36. The first-order chi connectivity index (χ1) is 10.6. The van der Waals surface area contributed by atoms with Crippen LogP contribution in [0.3, 0.4) is 0 Å². The molecule has 0 spiro atoms. The summed E-state index contributed by atoms with van der Waals surface area (Å²) in [4.78, 5) is 29.0. The predicted molar refractivity (Wildman–Crippen MR) is 82.8 cm³/mol. The van der Waals surface area contributed by atoms with E-state index in [0.29, 0.717) is 18.5 Å². The summed E-state index contributed by atoms with van der Waals surface area (Å²) < 4.78 is 13.7. The topological polar surface area (TPSA) is 65.2 Å². The predicted octanol–water partition coefficient (Wildman–Crippen LogP) is 1.30. The van der Waals surface area contributed by atoms with Gasteiger partial charge in [0.05, 0.1) is 6.54 Å². The van der Waals surface area contributed by atoms with Crippen LogP contribution >= 0.6 is 0 Å². The first-order valence-corrected chi connectivity index (χ1v) is 7.32. The maximum Gasteiger partial charge on any atom is 0.261 e. The minimum absolute atomic E-state index is 0.0391. The summed E-state index contributed by atoms with van der Waals surface area (Å²) in [6.07, 6.45) is -0.736. The number of nitrogens with zero attached hydrogens (tertiary/aromatic N) is 1. The SMILES string of the molecule is CNC[C@@H]1C[C@H](F)CN1C(=O)c1cc2ccccc2[nH]c1=O. The number of carbonyl (C=O) groups excluding carboxylic acids is 1. The van der Waals surface area contributed by atoms with Crippen LogP contribution in [0, 0.1) is 0 Å². The van der Waals surface area contributed by atoms with Crippen molar-refractivity contribution in [1.29, 1.82) is 0 Å². The Balaban J connectivity index is 1.97. The van der Waals surface area contributed by atoms with Gasteiger partial charge in [-0.1, -0.05) is 18.2 Å². The van der Waals surface area contributed by atoms with Gasteiger partial charge in [0.1, 0.15) is 11.7 Å². The standard InChI is InChI=1S/C16H18FN3O2/c1-18-8-12-7-11(17)9-20(12)16(22)13-6-10-4-2-3-5-14(10)19-15(13)21/h2-6,11-12,18H,7-9H2,1H3,(H,19,21)/t11-,12-/m0/s1. The number of amides is 1. The van der Waals surface area contributed by atoms with E-state index in [1.54, 1.807) is 19.2 Å². The average molecular weight is 303 g/mol. The molecule has 1 fully saturated rings. The van der Waals surface area contributed by atoms with Gasteiger partial charge in [-0.2, -0.15) is 0 Å². The van der Waals surface area contributed by atoms with Crippen LogP contribution < -0.4 is 10.9 Å². The Hall–Kier alpha value is -2.21. The fourth-order valence-electron chi connectivity index (χ4n) is 3.00. The minimum Gasteiger partial charge on any atom is -0.331 e. The van der Waals surface area contributed by atoms with Crippen LogP contribution in [0.4, 0.5) is 4.39 Å². The third-order valence-electron chi connectivity index (χ3n) is 4.05. The molecule has 5 nitrogen and oxygen atoms in total. The lowest BCUT2D eigenvalue weighted by atomic mass is 10.1. The smallest absolute Gasteiger partial charge is 0.261 e. The Morgan fingerprint density at radius 1 is 1.45 bits per heavy atom. The van der Waals surface area contributed by atoms with Gasteiger partial charge < -0.3 is 15.2 Å². The van der Waals surface area contributed by atoms with E-state index in [1.807, 2.05) is 18.2 Å². The minimum atomic E-state index is -1.04. The maximum absolute atomic E-state index is 13.7. The number of aromatic amines is 1. The fraction of sp³-hybridized carbons (Fsp3) is 0.375. The van der Waals surface area contributed by atoms with Crippen LogP contribution in [-0.4, -0.2) is 48.1 Å². The number of fused-ring (bicyclic) bond motifs is 1. The zero-order valence-corrected chi connectivity index (χ0v) is 12.3. The van der Waals surface area contributed by atoms with Crippen LogP contribution in [0.5, 0.6) is 0 Å². The Bertz CT molecular complexity index is 758. The molecule has 0 bridgehead atoms. The van der Waals surface area contributed by atoms with Gasteiger partial charge in [0, 0.05) is 24.5 Å². The van der Waals surface area contributed by atoms with E-state index in [-0.39, 0.29) is 18.2 Å². The molecule has 2 aromatic rings. The number of likely N-dealkylation sites (N-methyl/N-ethyl adjacent to an activating group) is 1. The second kappa shape index (κ2) is 5.88. The van der Waals surface area contributed by atoms with Gasteiger partial charge in [0.2, 0.25) is 0 Å². The van der Waals surface area contributed by atoms with Crippen LogP contribution in [0.2, 0.25) is 0 Å². The van der Waals surface area contributed by atoms with E-state index in [2.05, 4.69) is 10.3 Å². The van der Waals surface area contributed by atoms with Gasteiger partial charge in [-0.25, -0.2) is 4.39 Å². The molecular formula is C16H18FN3O2. The number of rotatable bonds is 3. The van der Waals surface area contributed by atoms with Gasteiger partial charge in [-0.05, 0) is 24.6 Å². The number of hydrogen-bond donors (Lipinski definition) is 2. The number of aromatic nitrogens is 1. The van der Waals surface area contributed by atoms with Gasteiger partial charge in [-0.3, -0.25) is 9.59 Å². The number of likely N-dealkylation sites (tertiary alicyclic amines) is 1. The molecule has 22 heavy (non-hydrogen) atoms. The van der Waals surface area contributed by atoms with Crippen LogP contribution in [0.15, 0.2) is 35.1 Å². The molecular weight excluding hydrogens is 285 g/mol. The highest BCUT2D eigenvalue weighted by atomic mass is 19.1. The summed E-state index contributed by atoms with van der Waals surface area (Å²) in [6.45, 7) is 0.551. The van der Waals surface area contributed by atoms with Gasteiger partial charge in [-0.15, -0.1) is 0 Å². The van der Waals surface area contributed by atoms with Crippen molar-refractivity contribution in [3.63, 3.8) is 0 Å². The zero-order valence-electron chi connectivity index (χ0n) is 12.3. The second-order valence-electron chi connectivity index (χ2n) is 5.60. The molecule has 2 N–H and O–H groups in total. The molecule has 1 aromatic heterocycles. The molecule has 3 rings (SSSR count). The number of nitrogens with one attached hydrogen (secondary N) is 2. The van der Waals surface area contributed by atoms with E-state index >= 15 is 0 Å². The molecule has 1 aromatic carbocycles. The summed E-state index contributed by atoms with van der Waals surface area (Å²) >= 11 is 0. The number of halogens is 1. The molecule has 0 aliphatic carbocycles. The van der Waals surface area contributed by atoms with E-state index < -0.39 is 17.6 Å². The first-order valence-electron chi connectivity index (χ1n) is 7.32. The molecule has 1 aliphatic rings. The van der Waals surface area contributed by atoms with Gasteiger partial charge >= 0.3 is 0 Å². The molecule has 2 heterocycles. The second-order valence-corrected chi connectivity index (χ2v) is 5.60. The van der Waals surface area contributed by atoms with Crippen molar-refractivity contribution < 1.29 is 9.18 Å². The molecule has 0 unspecified atom stereocenters. The monoisotopic (exact) mass is 303 g/mol. The fourth-order valence-corrected chi connectivity index (χ4v) is 3.00. The Labute approximate surface area is 127 Å². The Morgan fingerprint density at radius 2 is 2.23 bits per heavy atom. The zero-order chi connectivity index (χ0) is 15.7. The third-order valence-corrected chi connectivity index (χ3v) is 4.05. The summed E-state index contributed by atoms with van der Waals surface area (Å²) in [5.41, 5.74) is 0.309. The first kappa shape index (κ1) is 14.7. The summed E-state index contributed by atoms with van der Waals surface area (Å²) in [6, 6.07) is 8.62. The molecule has 2 atom stereocenters. The average Bonchev–Trinajstić information content (AvgIpc) is 2.87. The number of pyridine rings is 1. The number of hydrogen-bond acceptors (Lipinski definition) is 3. The number of benzene rings is 1. The highest BCUT2D eigenvalue weighted by Crippen LogP contribution is 2.22. The normalized spacial score (nSPS) is 21.5.